The van der Waals surface area contributed by atoms with Gasteiger partial charge in [-0.25, -0.2) is 13.2 Å². The van der Waals surface area contributed by atoms with E-state index >= 15 is 0 Å². The Kier molecular flexibility index (Phi) is 6.49. The summed E-state index contributed by atoms with van der Waals surface area (Å²) in [5.41, 5.74) is 1.82. The molecule has 1 amide bonds. The maximum absolute atomic E-state index is 12.2. The number of carboxylic acid groups (broad SMARTS) is 1. The standard InChI is InChI=1S/C20H19Cl2N3O5S/c1-11-18(25(20(26)27)12(2)14-6-4-5-7-15(14)21)19(30-23-11)13-8-9-17(16(22)10-13)24-31(3,28)29/h4-10,12,24H,1-3H3,(H,26,27). The molecule has 31 heavy (non-hydrogen) atoms. The van der Waals surface area contributed by atoms with E-state index in [1.807, 2.05) is 0 Å². The van der Waals surface area contributed by atoms with Gasteiger partial charge < -0.3 is 9.63 Å². The number of amides is 1. The minimum atomic E-state index is -3.52. The molecule has 1 aromatic heterocycles. The van der Waals surface area contributed by atoms with Crippen LogP contribution in [0.5, 0.6) is 0 Å². The zero-order chi connectivity index (χ0) is 22.9. The number of carbonyl (C=O) groups is 1. The maximum atomic E-state index is 12.2. The molecule has 0 radical (unpaired) electrons. The van der Waals surface area contributed by atoms with E-state index in [-0.39, 0.29) is 22.2 Å². The van der Waals surface area contributed by atoms with Crippen LogP contribution in [0.3, 0.4) is 0 Å². The first-order valence-electron chi connectivity index (χ1n) is 9.00. The Balaban J connectivity index is 2.10. The van der Waals surface area contributed by atoms with Crippen molar-refractivity contribution in [2.24, 2.45) is 0 Å². The minimum absolute atomic E-state index is 0.115. The first kappa shape index (κ1) is 22.9. The Morgan fingerprint density at radius 2 is 1.87 bits per heavy atom. The zero-order valence-electron chi connectivity index (χ0n) is 16.8. The Morgan fingerprint density at radius 3 is 2.45 bits per heavy atom. The van der Waals surface area contributed by atoms with Crippen molar-refractivity contribution >= 4 is 50.7 Å². The fourth-order valence-electron chi connectivity index (χ4n) is 3.18. The predicted octanol–water partition coefficient (Wildman–Crippen LogP) is 5.57. The normalized spacial score (nSPS) is 12.4. The summed E-state index contributed by atoms with van der Waals surface area (Å²) in [6.45, 7) is 3.33. The average Bonchev–Trinajstić information content (AvgIpc) is 3.04. The van der Waals surface area contributed by atoms with Crippen LogP contribution in [-0.2, 0) is 10.0 Å². The number of nitrogens with one attached hydrogen (secondary N) is 1. The number of hydrogen-bond acceptors (Lipinski definition) is 5. The molecular formula is C20H19Cl2N3O5S. The van der Waals surface area contributed by atoms with E-state index in [1.165, 1.54) is 12.1 Å². The quantitative estimate of drug-likeness (QED) is 0.473. The molecule has 0 aliphatic heterocycles. The van der Waals surface area contributed by atoms with E-state index in [0.29, 0.717) is 21.8 Å². The molecule has 2 aromatic carbocycles. The number of hydrogen-bond donors (Lipinski definition) is 2. The van der Waals surface area contributed by atoms with Crippen LogP contribution in [0.1, 0.15) is 24.2 Å². The number of sulfonamides is 1. The fraction of sp³-hybridized carbons (Fsp3) is 0.200. The number of nitrogens with zero attached hydrogens (tertiary/aromatic N) is 2. The third kappa shape index (κ3) is 4.95. The van der Waals surface area contributed by atoms with Crippen LogP contribution < -0.4 is 9.62 Å². The minimum Gasteiger partial charge on any atom is -0.465 e. The van der Waals surface area contributed by atoms with Crippen molar-refractivity contribution < 1.29 is 22.8 Å². The van der Waals surface area contributed by atoms with E-state index in [2.05, 4.69) is 9.88 Å². The highest BCUT2D eigenvalue weighted by Gasteiger charge is 2.31. The third-order valence-corrected chi connectivity index (χ3v) is 5.80. The van der Waals surface area contributed by atoms with Gasteiger partial charge in [-0.1, -0.05) is 46.6 Å². The van der Waals surface area contributed by atoms with Crippen molar-refractivity contribution in [1.82, 2.24) is 5.16 Å². The lowest BCUT2D eigenvalue weighted by Crippen LogP contribution is -2.33. The first-order chi connectivity index (χ1) is 14.5. The molecule has 0 aliphatic rings. The van der Waals surface area contributed by atoms with Gasteiger partial charge in [0.1, 0.15) is 11.4 Å². The van der Waals surface area contributed by atoms with Crippen molar-refractivity contribution in [1.29, 1.82) is 0 Å². The van der Waals surface area contributed by atoms with Crippen molar-refractivity contribution in [2.45, 2.75) is 19.9 Å². The van der Waals surface area contributed by atoms with E-state index in [1.54, 1.807) is 44.2 Å². The SMILES string of the molecule is Cc1noc(-c2ccc(NS(C)(=O)=O)c(Cl)c2)c1N(C(=O)O)C(C)c1ccccc1Cl. The van der Waals surface area contributed by atoms with Gasteiger partial charge in [-0.15, -0.1) is 0 Å². The second kappa shape index (κ2) is 8.78. The van der Waals surface area contributed by atoms with E-state index in [0.717, 1.165) is 11.2 Å². The molecule has 164 valence electrons. The molecule has 2 N–H and O–H groups in total. The van der Waals surface area contributed by atoms with Crippen LogP contribution in [0.2, 0.25) is 10.0 Å². The summed E-state index contributed by atoms with van der Waals surface area (Å²) >= 11 is 12.5. The molecule has 1 unspecified atom stereocenters. The molecule has 0 spiro atoms. The third-order valence-electron chi connectivity index (χ3n) is 4.55. The summed E-state index contributed by atoms with van der Waals surface area (Å²) in [5, 5.41) is 14.5. The lowest BCUT2D eigenvalue weighted by atomic mass is 10.0. The summed E-state index contributed by atoms with van der Waals surface area (Å²) in [7, 11) is -3.52. The van der Waals surface area contributed by atoms with Crippen LogP contribution in [-0.4, -0.2) is 31.0 Å². The Morgan fingerprint density at radius 1 is 1.19 bits per heavy atom. The molecular weight excluding hydrogens is 465 g/mol. The Labute approximate surface area is 189 Å². The van der Waals surface area contributed by atoms with Crippen molar-refractivity contribution in [2.75, 3.05) is 15.9 Å². The second-order valence-electron chi connectivity index (χ2n) is 6.86. The molecule has 0 aliphatic carbocycles. The lowest BCUT2D eigenvalue weighted by Gasteiger charge is -2.27. The molecule has 1 heterocycles. The Bertz CT molecular complexity index is 1240. The van der Waals surface area contributed by atoms with E-state index in [9.17, 15) is 18.3 Å². The Hall–Kier alpha value is -2.75. The molecule has 1 atom stereocenters. The van der Waals surface area contributed by atoms with Crippen LogP contribution in [0.15, 0.2) is 47.0 Å². The van der Waals surface area contributed by atoms with Gasteiger partial charge in [-0.05, 0) is 43.7 Å². The number of anilines is 2. The molecule has 0 saturated carbocycles. The molecule has 0 fully saturated rings. The van der Waals surface area contributed by atoms with Gasteiger partial charge >= 0.3 is 6.09 Å². The van der Waals surface area contributed by atoms with Crippen LogP contribution >= 0.6 is 23.2 Å². The summed E-state index contributed by atoms with van der Waals surface area (Å²) in [6.07, 6.45) is -0.211. The number of aryl methyl sites for hydroxylation is 1. The van der Waals surface area contributed by atoms with Crippen molar-refractivity contribution in [3.63, 3.8) is 0 Å². The highest BCUT2D eigenvalue weighted by Crippen LogP contribution is 2.41. The highest BCUT2D eigenvalue weighted by molar-refractivity contribution is 7.92. The van der Waals surface area contributed by atoms with E-state index < -0.39 is 22.2 Å². The van der Waals surface area contributed by atoms with Crippen molar-refractivity contribution in [3.8, 4) is 11.3 Å². The second-order valence-corrected chi connectivity index (χ2v) is 9.43. The summed E-state index contributed by atoms with van der Waals surface area (Å²) in [5.74, 6) is 0.173. The predicted molar refractivity (Wildman–Crippen MR) is 121 cm³/mol. The van der Waals surface area contributed by atoms with Crippen LogP contribution in [0.25, 0.3) is 11.3 Å². The van der Waals surface area contributed by atoms with Gasteiger partial charge in [-0.3, -0.25) is 9.62 Å². The van der Waals surface area contributed by atoms with Gasteiger partial charge in [0.15, 0.2) is 5.76 Å². The average molecular weight is 484 g/mol. The zero-order valence-corrected chi connectivity index (χ0v) is 19.1. The first-order valence-corrected chi connectivity index (χ1v) is 11.6. The molecule has 3 aromatic rings. The largest absolute Gasteiger partial charge is 0.465 e. The molecule has 11 heteroatoms. The maximum Gasteiger partial charge on any atom is 0.412 e. The number of benzene rings is 2. The number of rotatable bonds is 6. The van der Waals surface area contributed by atoms with E-state index in [4.69, 9.17) is 27.7 Å². The van der Waals surface area contributed by atoms with Gasteiger partial charge in [0.05, 0.1) is 23.0 Å². The van der Waals surface area contributed by atoms with Gasteiger partial charge in [0, 0.05) is 10.6 Å². The summed E-state index contributed by atoms with van der Waals surface area (Å²) in [4.78, 5) is 13.4. The molecule has 0 saturated heterocycles. The number of halogens is 2. The lowest BCUT2D eigenvalue weighted by molar-refractivity contribution is 0.199. The fourth-order valence-corrected chi connectivity index (χ4v) is 4.34. The molecule has 8 nitrogen and oxygen atoms in total. The molecule has 3 rings (SSSR count). The van der Waals surface area contributed by atoms with Gasteiger partial charge in [0.25, 0.3) is 0 Å². The monoisotopic (exact) mass is 483 g/mol. The number of aromatic nitrogens is 1. The smallest absolute Gasteiger partial charge is 0.412 e. The summed E-state index contributed by atoms with van der Waals surface area (Å²) < 4.78 is 30.7. The summed E-state index contributed by atoms with van der Waals surface area (Å²) in [6, 6.07) is 10.8. The van der Waals surface area contributed by atoms with Crippen molar-refractivity contribution in [3.05, 3.63) is 63.8 Å². The van der Waals surface area contributed by atoms with Gasteiger partial charge in [0.2, 0.25) is 10.0 Å². The molecule has 0 bridgehead atoms. The van der Waals surface area contributed by atoms with Crippen LogP contribution in [0.4, 0.5) is 16.2 Å². The highest BCUT2D eigenvalue weighted by atomic mass is 35.5. The topological polar surface area (TPSA) is 113 Å². The van der Waals surface area contributed by atoms with Crippen LogP contribution in [0, 0.1) is 6.92 Å². The van der Waals surface area contributed by atoms with Gasteiger partial charge in [-0.2, -0.15) is 0 Å².